The second kappa shape index (κ2) is 10.2. The summed E-state index contributed by atoms with van der Waals surface area (Å²) in [7, 11) is 0. The van der Waals surface area contributed by atoms with Crippen LogP contribution in [0, 0.1) is 0 Å². The first-order valence-electron chi connectivity index (χ1n) is 8.25. The van der Waals surface area contributed by atoms with E-state index in [-0.39, 0.29) is 10.7 Å². The Morgan fingerprint density at radius 1 is 1.14 bits per heavy atom. The molecule has 9 heteroatoms. The third-order valence-corrected chi connectivity index (χ3v) is 5.58. The number of carbonyl (C=O) groups is 1. The van der Waals surface area contributed by atoms with Crippen molar-refractivity contribution in [2.24, 2.45) is 5.10 Å². The maximum Gasteiger partial charge on any atom is 0.274 e. The highest BCUT2D eigenvalue weighted by molar-refractivity contribution is 9.11. The van der Waals surface area contributed by atoms with Crippen LogP contribution in [0.2, 0.25) is 10.2 Å². The van der Waals surface area contributed by atoms with Crippen molar-refractivity contribution in [2.45, 2.75) is 6.61 Å². The minimum absolute atomic E-state index is 0.116. The minimum Gasteiger partial charge on any atom is -0.486 e. The highest BCUT2D eigenvalue weighted by Crippen LogP contribution is 2.35. The van der Waals surface area contributed by atoms with Crippen LogP contribution < -0.4 is 10.2 Å². The van der Waals surface area contributed by atoms with Crippen molar-refractivity contribution in [3.63, 3.8) is 0 Å². The largest absolute Gasteiger partial charge is 0.486 e. The Bertz CT molecular complexity index is 1050. The summed E-state index contributed by atoms with van der Waals surface area (Å²) in [5.41, 5.74) is 4.30. The van der Waals surface area contributed by atoms with Crippen LogP contribution in [0.5, 0.6) is 5.75 Å². The Morgan fingerprint density at radius 3 is 2.55 bits per heavy atom. The van der Waals surface area contributed by atoms with E-state index < -0.39 is 5.91 Å². The smallest absolute Gasteiger partial charge is 0.274 e. The van der Waals surface area contributed by atoms with Crippen LogP contribution in [-0.2, 0) is 6.61 Å². The topological polar surface area (TPSA) is 63.6 Å². The summed E-state index contributed by atoms with van der Waals surface area (Å²) in [5.74, 6) is 0.186. The molecule has 5 nitrogen and oxygen atoms in total. The molecule has 2 aromatic carbocycles. The number of amides is 1. The van der Waals surface area contributed by atoms with E-state index in [1.807, 2.05) is 36.4 Å². The van der Waals surface area contributed by atoms with E-state index in [0.29, 0.717) is 17.4 Å². The molecule has 3 rings (SSSR count). The second-order valence-electron chi connectivity index (χ2n) is 5.73. The zero-order chi connectivity index (χ0) is 20.8. The zero-order valence-corrected chi connectivity index (χ0v) is 19.4. The number of hydrogen-bond acceptors (Lipinski definition) is 4. The van der Waals surface area contributed by atoms with E-state index in [1.165, 1.54) is 12.4 Å². The fourth-order valence-corrected chi connectivity index (χ4v) is 4.18. The maximum absolute atomic E-state index is 12.1. The summed E-state index contributed by atoms with van der Waals surface area (Å²) in [6.07, 6.45) is 3.02. The Kier molecular flexibility index (Phi) is 7.66. The van der Waals surface area contributed by atoms with Gasteiger partial charge in [0.1, 0.15) is 17.5 Å². The highest BCUT2D eigenvalue weighted by Gasteiger charge is 2.11. The third kappa shape index (κ3) is 5.79. The molecule has 0 aliphatic heterocycles. The Hall–Kier alpha value is -1.93. The molecule has 0 unspecified atom stereocenters. The standard InChI is InChI=1S/C20H13Br2Cl2N3O2/c21-15-8-12(10-26-27-20(28)14-5-3-7-25-19(14)24)9-16(22)18(15)29-11-13-4-1-2-6-17(13)23/h1-10H,11H2,(H,27,28). The molecule has 0 saturated heterocycles. The molecule has 0 atom stereocenters. The molecular weight excluding hydrogens is 545 g/mol. The van der Waals surface area contributed by atoms with Gasteiger partial charge in [-0.2, -0.15) is 5.10 Å². The van der Waals surface area contributed by atoms with Crippen LogP contribution in [0.3, 0.4) is 0 Å². The van der Waals surface area contributed by atoms with Crippen LogP contribution in [0.25, 0.3) is 0 Å². The quantitative estimate of drug-likeness (QED) is 0.221. The summed E-state index contributed by atoms with van der Waals surface area (Å²) in [6.45, 7) is 0.326. The number of hydrogen-bond donors (Lipinski definition) is 1. The van der Waals surface area contributed by atoms with Gasteiger partial charge in [0.15, 0.2) is 0 Å². The molecule has 0 radical (unpaired) electrons. The lowest BCUT2D eigenvalue weighted by molar-refractivity contribution is 0.0955. The molecule has 0 aliphatic rings. The number of nitrogens with one attached hydrogen (secondary N) is 1. The Morgan fingerprint density at radius 2 is 1.86 bits per heavy atom. The summed E-state index contributed by atoms with van der Waals surface area (Å²) < 4.78 is 7.34. The monoisotopic (exact) mass is 555 g/mol. The van der Waals surface area contributed by atoms with Gasteiger partial charge >= 0.3 is 0 Å². The van der Waals surface area contributed by atoms with Crippen molar-refractivity contribution in [3.8, 4) is 5.75 Å². The lowest BCUT2D eigenvalue weighted by Crippen LogP contribution is -2.18. The van der Waals surface area contributed by atoms with Gasteiger partial charge < -0.3 is 4.74 Å². The first kappa shape index (κ1) is 21.8. The average molecular weight is 558 g/mol. The maximum atomic E-state index is 12.1. The number of halogens is 4. The van der Waals surface area contributed by atoms with Crippen molar-refractivity contribution in [3.05, 3.63) is 90.5 Å². The van der Waals surface area contributed by atoms with Crippen molar-refractivity contribution in [1.82, 2.24) is 10.4 Å². The normalized spacial score (nSPS) is 10.9. The van der Waals surface area contributed by atoms with Gasteiger partial charge in [0, 0.05) is 16.8 Å². The van der Waals surface area contributed by atoms with Crippen molar-refractivity contribution in [2.75, 3.05) is 0 Å². The summed E-state index contributed by atoms with van der Waals surface area (Å²) in [5, 5.41) is 4.73. The van der Waals surface area contributed by atoms with Gasteiger partial charge in [-0.25, -0.2) is 10.4 Å². The molecule has 1 aromatic heterocycles. The van der Waals surface area contributed by atoms with Crippen LogP contribution in [0.1, 0.15) is 21.5 Å². The number of ether oxygens (including phenoxy) is 1. The predicted molar refractivity (Wildman–Crippen MR) is 122 cm³/mol. The van der Waals surface area contributed by atoms with Gasteiger partial charge in [-0.05, 0) is 67.8 Å². The number of rotatable bonds is 6. The molecule has 0 fully saturated rings. The third-order valence-electron chi connectivity index (χ3n) is 3.73. The van der Waals surface area contributed by atoms with E-state index in [2.05, 4.69) is 47.4 Å². The molecule has 0 bridgehead atoms. The average Bonchev–Trinajstić information content (AvgIpc) is 2.69. The van der Waals surface area contributed by atoms with Crippen LogP contribution in [0.15, 0.2) is 68.8 Å². The van der Waals surface area contributed by atoms with Gasteiger partial charge in [0.05, 0.1) is 20.7 Å². The van der Waals surface area contributed by atoms with Crippen LogP contribution in [0.4, 0.5) is 0 Å². The van der Waals surface area contributed by atoms with Crippen LogP contribution >= 0.6 is 55.1 Å². The molecule has 0 saturated carbocycles. The summed E-state index contributed by atoms with van der Waals surface area (Å²) >= 11 is 19.1. The number of hydrazone groups is 1. The molecule has 1 amide bonds. The van der Waals surface area contributed by atoms with E-state index in [9.17, 15) is 4.79 Å². The first-order chi connectivity index (χ1) is 14.0. The predicted octanol–water partition coefficient (Wildman–Crippen LogP) is 6.26. The van der Waals surface area contributed by atoms with Crippen LogP contribution in [-0.4, -0.2) is 17.1 Å². The molecule has 1 heterocycles. The lowest BCUT2D eigenvalue weighted by atomic mass is 10.2. The molecular formula is C20H13Br2Cl2N3O2. The molecule has 1 N–H and O–H groups in total. The zero-order valence-electron chi connectivity index (χ0n) is 14.7. The van der Waals surface area contributed by atoms with Crippen molar-refractivity contribution in [1.29, 1.82) is 0 Å². The minimum atomic E-state index is -0.447. The van der Waals surface area contributed by atoms with Crippen molar-refractivity contribution < 1.29 is 9.53 Å². The number of nitrogens with zero attached hydrogens (tertiary/aromatic N) is 2. The number of aromatic nitrogens is 1. The van der Waals surface area contributed by atoms with E-state index in [4.69, 9.17) is 27.9 Å². The fourth-order valence-electron chi connectivity index (χ4n) is 2.34. The SMILES string of the molecule is O=C(NN=Cc1cc(Br)c(OCc2ccccc2Cl)c(Br)c1)c1cccnc1Cl. The van der Waals surface area contributed by atoms with Crippen molar-refractivity contribution >= 4 is 67.2 Å². The number of pyridine rings is 1. The van der Waals surface area contributed by atoms with Gasteiger partial charge in [-0.1, -0.05) is 41.4 Å². The molecule has 0 spiro atoms. The lowest BCUT2D eigenvalue weighted by Gasteiger charge is -2.12. The van der Waals surface area contributed by atoms with Gasteiger partial charge in [0.25, 0.3) is 5.91 Å². The van der Waals surface area contributed by atoms with Gasteiger partial charge in [0.2, 0.25) is 0 Å². The molecule has 0 aliphatic carbocycles. The number of carbonyl (C=O) groups excluding carboxylic acids is 1. The first-order valence-corrected chi connectivity index (χ1v) is 10.6. The number of benzene rings is 2. The Labute approximate surface area is 194 Å². The summed E-state index contributed by atoms with van der Waals surface area (Å²) in [4.78, 5) is 16.0. The fraction of sp³-hybridized carbons (Fsp3) is 0.0500. The van der Waals surface area contributed by atoms with E-state index in [1.54, 1.807) is 12.1 Å². The summed E-state index contributed by atoms with van der Waals surface area (Å²) in [6, 6.07) is 14.3. The molecule has 148 valence electrons. The second-order valence-corrected chi connectivity index (χ2v) is 8.21. The highest BCUT2D eigenvalue weighted by atomic mass is 79.9. The Balaban J connectivity index is 1.67. The molecule has 29 heavy (non-hydrogen) atoms. The van der Waals surface area contributed by atoms with Gasteiger partial charge in [-0.3, -0.25) is 4.79 Å². The van der Waals surface area contributed by atoms with E-state index in [0.717, 1.165) is 20.1 Å². The van der Waals surface area contributed by atoms with E-state index >= 15 is 0 Å². The molecule has 3 aromatic rings. The van der Waals surface area contributed by atoms with Gasteiger partial charge in [-0.15, -0.1) is 0 Å².